The molecule has 0 saturated carbocycles. The van der Waals surface area contributed by atoms with Crippen LogP contribution in [0.4, 0.5) is 0 Å². The second-order valence-electron chi connectivity index (χ2n) is 1.93. The van der Waals surface area contributed by atoms with Crippen molar-refractivity contribution in [1.82, 2.24) is 0 Å². The zero-order valence-electron chi connectivity index (χ0n) is 5.88. The molecule has 1 rings (SSSR count). The van der Waals surface area contributed by atoms with E-state index in [1.807, 2.05) is 6.08 Å². The molecule has 0 radical (unpaired) electrons. The van der Waals surface area contributed by atoms with Gasteiger partial charge in [0, 0.05) is 5.75 Å². The zero-order valence-corrected chi connectivity index (χ0v) is 6.69. The topological polar surface area (TPSA) is 21.6 Å². The molecule has 1 aliphatic heterocycles. The Morgan fingerprint density at radius 1 is 1.80 bits per heavy atom. The summed E-state index contributed by atoms with van der Waals surface area (Å²) in [6.45, 7) is 5.23. The van der Waals surface area contributed by atoms with Crippen LogP contribution in [0.1, 0.15) is 0 Å². The van der Waals surface area contributed by atoms with Crippen molar-refractivity contribution in [3.05, 3.63) is 12.7 Å². The molecule has 0 bridgehead atoms. The van der Waals surface area contributed by atoms with Crippen molar-refractivity contribution in [2.45, 2.75) is 0 Å². The van der Waals surface area contributed by atoms with Gasteiger partial charge in [-0.3, -0.25) is 4.99 Å². The molecule has 1 heterocycles. The Kier molecular flexibility index (Phi) is 3.36. The standard InChI is InChI=1S/C7H11NOS/c1-2-5-10-6-7-8-3-4-9-7/h2H,1,3-6H2. The molecule has 0 aliphatic carbocycles. The summed E-state index contributed by atoms with van der Waals surface area (Å²) in [5, 5.41) is 0. The quantitative estimate of drug-likeness (QED) is 0.453. The minimum Gasteiger partial charge on any atom is -0.478 e. The summed E-state index contributed by atoms with van der Waals surface area (Å²) in [6, 6.07) is 0. The molecule has 0 aromatic rings. The Morgan fingerprint density at radius 3 is 3.30 bits per heavy atom. The van der Waals surface area contributed by atoms with Crippen LogP contribution in [0.5, 0.6) is 0 Å². The SMILES string of the molecule is C=CCSCC1=NCCO1. The van der Waals surface area contributed by atoms with E-state index in [9.17, 15) is 0 Å². The van der Waals surface area contributed by atoms with Crippen molar-refractivity contribution >= 4 is 17.7 Å². The highest BCUT2D eigenvalue weighted by atomic mass is 32.2. The molecule has 0 N–H and O–H groups in total. The van der Waals surface area contributed by atoms with Gasteiger partial charge >= 0.3 is 0 Å². The van der Waals surface area contributed by atoms with Crippen molar-refractivity contribution in [3.63, 3.8) is 0 Å². The largest absolute Gasteiger partial charge is 0.478 e. The van der Waals surface area contributed by atoms with Gasteiger partial charge in [-0.1, -0.05) is 6.08 Å². The molecule has 0 spiro atoms. The fourth-order valence-electron chi connectivity index (χ4n) is 0.696. The van der Waals surface area contributed by atoms with Gasteiger partial charge in [0.15, 0.2) is 5.90 Å². The summed E-state index contributed by atoms with van der Waals surface area (Å²) in [5.74, 6) is 2.76. The van der Waals surface area contributed by atoms with Crippen LogP contribution in [0.2, 0.25) is 0 Å². The predicted molar refractivity (Wildman–Crippen MR) is 45.8 cm³/mol. The van der Waals surface area contributed by atoms with Crippen LogP contribution in [0, 0.1) is 0 Å². The molecule has 0 unspecified atom stereocenters. The summed E-state index contributed by atoms with van der Waals surface area (Å²) < 4.78 is 5.19. The van der Waals surface area contributed by atoms with E-state index in [0.717, 1.165) is 30.6 Å². The Morgan fingerprint density at radius 2 is 2.70 bits per heavy atom. The molecule has 1 aliphatic rings. The molecule has 0 fully saturated rings. The van der Waals surface area contributed by atoms with E-state index in [1.165, 1.54) is 0 Å². The lowest BCUT2D eigenvalue weighted by molar-refractivity contribution is 0.346. The summed E-state index contributed by atoms with van der Waals surface area (Å²) >= 11 is 1.78. The van der Waals surface area contributed by atoms with Crippen molar-refractivity contribution in [3.8, 4) is 0 Å². The Bertz CT molecular complexity index is 145. The van der Waals surface area contributed by atoms with Gasteiger partial charge in [0.2, 0.25) is 0 Å². The highest BCUT2D eigenvalue weighted by molar-refractivity contribution is 8.00. The van der Waals surface area contributed by atoms with E-state index >= 15 is 0 Å². The summed E-state index contributed by atoms with van der Waals surface area (Å²) in [7, 11) is 0. The molecule has 0 saturated heterocycles. The molecule has 0 aromatic heterocycles. The van der Waals surface area contributed by atoms with Gasteiger partial charge in [-0.15, -0.1) is 18.3 Å². The van der Waals surface area contributed by atoms with E-state index in [4.69, 9.17) is 4.74 Å². The molecular formula is C7H11NOS. The highest BCUT2D eigenvalue weighted by Gasteiger charge is 2.05. The van der Waals surface area contributed by atoms with Gasteiger partial charge in [0.1, 0.15) is 6.61 Å². The highest BCUT2D eigenvalue weighted by Crippen LogP contribution is 2.04. The average Bonchev–Trinajstić information content (AvgIpc) is 2.41. The second-order valence-corrected chi connectivity index (χ2v) is 2.96. The van der Waals surface area contributed by atoms with E-state index in [0.29, 0.717) is 0 Å². The van der Waals surface area contributed by atoms with Crippen LogP contribution in [0.15, 0.2) is 17.6 Å². The number of nitrogens with zero attached hydrogens (tertiary/aromatic N) is 1. The molecule has 3 heteroatoms. The van der Waals surface area contributed by atoms with Crippen molar-refractivity contribution in [2.75, 3.05) is 24.7 Å². The first-order valence-electron chi connectivity index (χ1n) is 3.28. The maximum atomic E-state index is 5.19. The molecule has 0 atom stereocenters. The first kappa shape index (κ1) is 7.66. The molecule has 0 aromatic carbocycles. The number of thioether (sulfide) groups is 1. The van der Waals surface area contributed by atoms with Crippen LogP contribution in [-0.2, 0) is 4.74 Å². The lowest BCUT2D eigenvalue weighted by atomic mass is 10.7. The van der Waals surface area contributed by atoms with Crippen LogP contribution in [0.3, 0.4) is 0 Å². The number of ether oxygens (including phenoxy) is 1. The fourth-order valence-corrected chi connectivity index (χ4v) is 1.33. The van der Waals surface area contributed by atoms with E-state index in [2.05, 4.69) is 11.6 Å². The molecule has 0 amide bonds. The molecular weight excluding hydrogens is 146 g/mol. The predicted octanol–water partition coefficient (Wildman–Crippen LogP) is 1.33. The smallest absolute Gasteiger partial charge is 0.193 e. The monoisotopic (exact) mass is 157 g/mol. The van der Waals surface area contributed by atoms with Gasteiger partial charge in [-0.25, -0.2) is 0 Å². The molecule has 10 heavy (non-hydrogen) atoms. The van der Waals surface area contributed by atoms with E-state index in [1.54, 1.807) is 11.8 Å². The third-order valence-electron chi connectivity index (χ3n) is 1.11. The van der Waals surface area contributed by atoms with E-state index in [-0.39, 0.29) is 0 Å². The van der Waals surface area contributed by atoms with Crippen molar-refractivity contribution in [1.29, 1.82) is 0 Å². The third kappa shape index (κ3) is 2.43. The lowest BCUT2D eigenvalue weighted by Crippen LogP contribution is -2.01. The van der Waals surface area contributed by atoms with Gasteiger partial charge in [0.05, 0.1) is 12.3 Å². The van der Waals surface area contributed by atoms with Crippen LogP contribution in [-0.4, -0.2) is 30.6 Å². The van der Waals surface area contributed by atoms with Crippen LogP contribution >= 0.6 is 11.8 Å². The van der Waals surface area contributed by atoms with E-state index < -0.39 is 0 Å². The second kappa shape index (κ2) is 4.39. The van der Waals surface area contributed by atoms with Gasteiger partial charge in [-0.2, -0.15) is 0 Å². The normalized spacial score (nSPS) is 16.2. The summed E-state index contributed by atoms with van der Waals surface area (Å²) in [5.41, 5.74) is 0. The number of hydrogen-bond donors (Lipinski definition) is 0. The van der Waals surface area contributed by atoms with Gasteiger partial charge < -0.3 is 4.74 Å². The average molecular weight is 157 g/mol. The lowest BCUT2D eigenvalue weighted by Gasteiger charge is -1.97. The number of hydrogen-bond acceptors (Lipinski definition) is 3. The maximum Gasteiger partial charge on any atom is 0.193 e. The first-order valence-corrected chi connectivity index (χ1v) is 4.43. The Balaban J connectivity index is 2.06. The Hall–Kier alpha value is -0.440. The number of aliphatic imine (C=N–C) groups is 1. The van der Waals surface area contributed by atoms with Gasteiger partial charge in [0.25, 0.3) is 0 Å². The van der Waals surface area contributed by atoms with Gasteiger partial charge in [-0.05, 0) is 0 Å². The molecule has 56 valence electrons. The summed E-state index contributed by atoms with van der Waals surface area (Å²) in [4.78, 5) is 4.15. The third-order valence-corrected chi connectivity index (χ3v) is 2.03. The fraction of sp³-hybridized carbons (Fsp3) is 0.571. The van der Waals surface area contributed by atoms with Crippen molar-refractivity contribution in [2.24, 2.45) is 4.99 Å². The maximum absolute atomic E-state index is 5.19. The summed E-state index contributed by atoms with van der Waals surface area (Å²) in [6.07, 6.45) is 1.89. The van der Waals surface area contributed by atoms with Crippen molar-refractivity contribution < 1.29 is 4.74 Å². The molecule has 2 nitrogen and oxygen atoms in total. The minimum absolute atomic E-state index is 0.768. The first-order chi connectivity index (χ1) is 4.93. The number of rotatable bonds is 4. The zero-order chi connectivity index (χ0) is 7.23. The minimum atomic E-state index is 0.768. The van der Waals surface area contributed by atoms with Crippen LogP contribution in [0.25, 0.3) is 0 Å². The Labute approximate surface area is 65.4 Å². The van der Waals surface area contributed by atoms with Crippen LogP contribution < -0.4 is 0 Å².